The number of H-pyrrole nitrogens is 1. The lowest BCUT2D eigenvalue weighted by Crippen LogP contribution is -2.31. The molecule has 0 saturated carbocycles. The molecule has 0 radical (unpaired) electrons. The van der Waals surface area contributed by atoms with Crippen molar-refractivity contribution in [2.45, 2.75) is 6.42 Å². The highest BCUT2D eigenvalue weighted by Crippen LogP contribution is 1.86. The van der Waals surface area contributed by atoms with Crippen LogP contribution in [0, 0.1) is 0 Å². The molecule has 88 valence electrons. The van der Waals surface area contributed by atoms with Gasteiger partial charge in [0.15, 0.2) is 0 Å². The summed E-state index contributed by atoms with van der Waals surface area (Å²) in [6.45, 7) is 0.772. The Kier molecular flexibility index (Phi) is 6.14. The van der Waals surface area contributed by atoms with Gasteiger partial charge < -0.3 is 9.29 Å². The van der Waals surface area contributed by atoms with Gasteiger partial charge in [0.1, 0.15) is 12.4 Å². The van der Waals surface area contributed by atoms with Crippen LogP contribution in [0.2, 0.25) is 0 Å². The average molecular weight is 236 g/mol. The first-order valence-corrected chi connectivity index (χ1v) is 6.08. The van der Waals surface area contributed by atoms with E-state index in [1.807, 2.05) is 19.4 Å². The highest BCUT2D eigenvalue weighted by atomic mass is 32.2. The van der Waals surface area contributed by atoms with Crippen LogP contribution in [0.25, 0.3) is 0 Å². The van der Waals surface area contributed by atoms with E-state index in [0.29, 0.717) is 6.26 Å². The summed E-state index contributed by atoms with van der Waals surface area (Å²) in [5.41, 5.74) is 0. The molecule has 0 saturated heterocycles. The molecule has 15 heavy (non-hydrogen) atoms. The number of hydrogen-bond acceptors (Lipinski definition) is 4. The summed E-state index contributed by atoms with van der Waals surface area (Å²) in [6, 6.07) is 0. The Labute approximate surface area is 89.6 Å². The van der Waals surface area contributed by atoms with E-state index < -0.39 is 10.1 Å². The minimum Gasteiger partial charge on any atom is -0.748 e. The molecule has 0 aliphatic rings. The van der Waals surface area contributed by atoms with E-state index in [2.05, 4.69) is 9.55 Å². The topological polar surface area (TPSA) is 86.1 Å². The number of hydrogen-bond donors (Lipinski definition) is 1. The van der Waals surface area contributed by atoms with Gasteiger partial charge in [-0.3, -0.25) is 0 Å². The number of imidazole rings is 1. The van der Waals surface area contributed by atoms with Crippen LogP contribution in [0.4, 0.5) is 0 Å². The molecule has 0 aliphatic carbocycles. The van der Waals surface area contributed by atoms with Crippen LogP contribution in [-0.2, 0) is 28.3 Å². The van der Waals surface area contributed by atoms with Crippen LogP contribution in [0.15, 0.2) is 12.4 Å². The van der Waals surface area contributed by atoms with E-state index in [4.69, 9.17) is 17.7 Å². The van der Waals surface area contributed by atoms with Crippen molar-refractivity contribution in [3.8, 4) is 0 Å². The zero-order valence-electron chi connectivity index (χ0n) is 9.06. The van der Waals surface area contributed by atoms with Crippen LogP contribution in [-0.4, -0.2) is 37.9 Å². The molecule has 0 bridgehead atoms. The third-order valence-corrected chi connectivity index (χ3v) is 1.52. The summed E-state index contributed by atoms with van der Waals surface area (Å²) in [6.07, 6.45) is 5.46. The fourth-order valence-electron chi connectivity index (χ4n) is 0.884. The zero-order valence-corrected chi connectivity index (χ0v) is 9.87. The van der Waals surface area contributed by atoms with Gasteiger partial charge in [0.2, 0.25) is 0 Å². The van der Waals surface area contributed by atoms with Crippen molar-refractivity contribution in [3.63, 3.8) is 0 Å². The number of aromatic nitrogens is 2. The normalized spacial score (nSPS) is 10.7. The minimum absolute atomic E-state index is 0.604. The molecule has 0 atom stereocenters. The lowest BCUT2D eigenvalue weighted by atomic mass is 10.4. The third-order valence-electron chi connectivity index (χ3n) is 1.52. The van der Waals surface area contributed by atoms with Gasteiger partial charge in [0.25, 0.3) is 5.82 Å². The Hall–Kier alpha value is -0.920. The molecule has 1 aromatic heterocycles. The Morgan fingerprint density at radius 1 is 1.60 bits per heavy atom. The number of rotatable bonds is 3. The Balaban J connectivity index is 0.000000336. The van der Waals surface area contributed by atoms with Gasteiger partial charge in [0.05, 0.1) is 30.2 Å². The maximum absolute atomic E-state index is 9.08. The van der Waals surface area contributed by atoms with Gasteiger partial charge in [-0.05, 0) is 0 Å². The lowest BCUT2D eigenvalue weighted by molar-refractivity contribution is -0.677. The predicted molar refractivity (Wildman–Crippen MR) is 53.2 cm³/mol. The standard InChI is InChI=1S/C7H12N2O.CH4O3S/c1-9-5-4-8-7(9)3-6-10-2;1-5(2,3)4/h4-5H,3,6H2,1-2H3;1H3,(H,2,3,4). The number of nitrogens with one attached hydrogen (secondary N) is 1. The molecule has 0 fully saturated rings. The molecule has 0 unspecified atom stereocenters. The highest BCUT2D eigenvalue weighted by molar-refractivity contribution is 7.84. The van der Waals surface area contributed by atoms with E-state index in [0.717, 1.165) is 13.0 Å². The van der Waals surface area contributed by atoms with Crippen LogP contribution in [0.1, 0.15) is 5.82 Å². The molecule has 1 rings (SSSR count). The molecule has 1 N–H and O–H groups in total. The van der Waals surface area contributed by atoms with Crippen LogP contribution in [0.5, 0.6) is 0 Å². The maximum Gasteiger partial charge on any atom is 0.256 e. The summed E-state index contributed by atoms with van der Waals surface area (Å²) in [5.74, 6) is 1.20. The Bertz CT molecular complexity index is 364. The lowest BCUT2D eigenvalue weighted by Gasteiger charge is -1.92. The van der Waals surface area contributed by atoms with Crippen LogP contribution >= 0.6 is 0 Å². The van der Waals surface area contributed by atoms with E-state index in [1.165, 1.54) is 5.82 Å². The molecule has 0 amide bonds. The van der Waals surface area contributed by atoms with Crippen molar-refractivity contribution in [2.75, 3.05) is 20.0 Å². The first-order valence-electron chi connectivity index (χ1n) is 4.26. The van der Waals surface area contributed by atoms with Crippen molar-refractivity contribution in [1.29, 1.82) is 0 Å². The van der Waals surface area contributed by atoms with Gasteiger partial charge in [-0.25, -0.2) is 18.0 Å². The van der Waals surface area contributed by atoms with Crippen molar-refractivity contribution in [1.82, 2.24) is 4.98 Å². The summed E-state index contributed by atoms with van der Waals surface area (Å²) in [7, 11) is -0.190. The minimum atomic E-state index is -3.92. The van der Waals surface area contributed by atoms with Crippen molar-refractivity contribution in [3.05, 3.63) is 18.2 Å². The number of nitrogens with zero attached hydrogens (tertiary/aromatic N) is 1. The van der Waals surface area contributed by atoms with Gasteiger partial charge in [-0.1, -0.05) is 0 Å². The predicted octanol–water partition coefficient (Wildman–Crippen LogP) is -0.810. The molecule has 0 spiro atoms. The second-order valence-electron chi connectivity index (χ2n) is 2.96. The van der Waals surface area contributed by atoms with E-state index in [1.54, 1.807) is 7.11 Å². The fraction of sp³-hybridized carbons (Fsp3) is 0.625. The Morgan fingerprint density at radius 3 is 2.47 bits per heavy atom. The third kappa shape index (κ3) is 9.39. The average Bonchev–Trinajstić information content (AvgIpc) is 2.45. The van der Waals surface area contributed by atoms with Gasteiger partial charge in [0, 0.05) is 13.4 Å². The van der Waals surface area contributed by atoms with Crippen molar-refractivity contribution in [2.24, 2.45) is 7.05 Å². The molecular formula is C8H16N2O4S. The number of aryl methyl sites for hydroxylation is 1. The van der Waals surface area contributed by atoms with E-state index in [9.17, 15) is 0 Å². The summed E-state index contributed by atoms with van der Waals surface area (Å²) >= 11 is 0. The summed E-state index contributed by atoms with van der Waals surface area (Å²) in [5, 5.41) is 0. The number of ether oxygens (including phenoxy) is 1. The highest BCUT2D eigenvalue weighted by Gasteiger charge is 2.03. The van der Waals surface area contributed by atoms with Gasteiger partial charge in [-0.2, -0.15) is 0 Å². The maximum atomic E-state index is 9.08. The molecular weight excluding hydrogens is 220 g/mol. The van der Waals surface area contributed by atoms with Crippen LogP contribution < -0.4 is 4.57 Å². The first kappa shape index (κ1) is 14.1. The fourth-order valence-corrected chi connectivity index (χ4v) is 0.884. The SMILES string of the molecule is COCCc1[nH]cc[n+]1C.CS(=O)(=O)[O-]. The smallest absolute Gasteiger partial charge is 0.256 e. The van der Waals surface area contributed by atoms with Crippen molar-refractivity contribution >= 4 is 10.1 Å². The second-order valence-corrected chi connectivity index (χ2v) is 4.37. The number of methoxy groups -OCH3 is 1. The first-order chi connectivity index (χ1) is 6.84. The number of aromatic amines is 1. The molecule has 1 aromatic rings. The quantitative estimate of drug-likeness (QED) is 0.549. The van der Waals surface area contributed by atoms with Crippen molar-refractivity contribution < 1.29 is 22.3 Å². The molecule has 1 heterocycles. The molecule has 7 heteroatoms. The summed E-state index contributed by atoms with van der Waals surface area (Å²) < 4.78 is 34.2. The van der Waals surface area contributed by atoms with Gasteiger partial charge >= 0.3 is 0 Å². The Morgan fingerprint density at radius 2 is 2.13 bits per heavy atom. The largest absolute Gasteiger partial charge is 0.748 e. The zero-order chi connectivity index (χ0) is 11.9. The molecule has 0 aromatic carbocycles. The van der Waals surface area contributed by atoms with E-state index >= 15 is 0 Å². The molecule has 6 nitrogen and oxygen atoms in total. The molecule has 0 aliphatic heterocycles. The summed E-state index contributed by atoms with van der Waals surface area (Å²) in [4.78, 5) is 3.12. The van der Waals surface area contributed by atoms with Gasteiger partial charge in [-0.15, -0.1) is 0 Å². The van der Waals surface area contributed by atoms with Crippen LogP contribution in [0.3, 0.4) is 0 Å². The second kappa shape index (κ2) is 6.54. The van der Waals surface area contributed by atoms with E-state index in [-0.39, 0.29) is 0 Å². The monoisotopic (exact) mass is 236 g/mol.